The second kappa shape index (κ2) is 12.5. The number of aryl methyl sites for hydroxylation is 1. The van der Waals surface area contributed by atoms with Crippen molar-refractivity contribution in [2.45, 2.75) is 44.2 Å². The number of rotatable bonds is 9. The molecule has 3 atom stereocenters. The number of halogens is 2. The molecule has 8 heteroatoms. The summed E-state index contributed by atoms with van der Waals surface area (Å²) >= 11 is 3.47. The third kappa shape index (κ3) is 6.97. The van der Waals surface area contributed by atoms with Crippen molar-refractivity contribution in [1.29, 1.82) is 0 Å². The van der Waals surface area contributed by atoms with Gasteiger partial charge in [0.15, 0.2) is 0 Å². The Hall–Kier alpha value is -2.65. The van der Waals surface area contributed by atoms with E-state index < -0.39 is 5.82 Å². The molecule has 6 nitrogen and oxygen atoms in total. The molecule has 1 aliphatic rings. The first-order chi connectivity index (χ1) is 17.4. The van der Waals surface area contributed by atoms with Crippen molar-refractivity contribution in [3.8, 4) is 0 Å². The topological polar surface area (TPSA) is 83.5 Å². The van der Waals surface area contributed by atoms with E-state index in [1.807, 2.05) is 55.5 Å². The molecule has 1 aliphatic heterocycles. The van der Waals surface area contributed by atoms with E-state index in [-0.39, 0.29) is 37.0 Å². The Morgan fingerprint density at radius 2 is 1.89 bits per heavy atom. The van der Waals surface area contributed by atoms with Crippen LogP contribution in [0.2, 0.25) is 0 Å². The Kier molecular flexibility index (Phi) is 9.20. The minimum absolute atomic E-state index is 0.0196. The first-order valence-corrected chi connectivity index (χ1v) is 12.9. The fraction of sp³-hybridized carbons (Fsp3) is 0.357. The summed E-state index contributed by atoms with van der Waals surface area (Å²) in [6.07, 6.45) is 3.77. The number of benzene rings is 2. The van der Waals surface area contributed by atoms with Crippen molar-refractivity contribution in [3.05, 3.63) is 93.5 Å². The van der Waals surface area contributed by atoms with Crippen LogP contribution in [-0.4, -0.2) is 47.9 Å². The molecule has 0 unspecified atom stereocenters. The number of pyridine rings is 1. The van der Waals surface area contributed by atoms with Crippen LogP contribution in [0.5, 0.6) is 0 Å². The molecular weight excluding hydrogens is 525 g/mol. The van der Waals surface area contributed by atoms with Gasteiger partial charge in [0.05, 0.1) is 43.4 Å². The van der Waals surface area contributed by atoms with Crippen LogP contribution in [0.3, 0.4) is 0 Å². The normalized spacial score (nSPS) is 18.6. The number of morpholine rings is 1. The van der Waals surface area contributed by atoms with Gasteiger partial charge < -0.3 is 20.5 Å². The molecule has 1 fully saturated rings. The van der Waals surface area contributed by atoms with Gasteiger partial charge in [-0.2, -0.15) is 0 Å². The molecule has 0 saturated carbocycles. The number of aliphatic hydroxyl groups is 1. The third-order valence-corrected chi connectivity index (χ3v) is 7.05. The van der Waals surface area contributed by atoms with Crippen LogP contribution >= 0.6 is 15.9 Å². The Balaban J connectivity index is 1.47. The fourth-order valence-corrected chi connectivity index (χ4v) is 4.67. The number of nitrogens with one attached hydrogen (secondary N) is 2. The monoisotopic (exact) mass is 555 g/mol. The molecule has 36 heavy (non-hydrogen) atoms. The molecule has 0 radical (unpaired) electrons. The van der Waals surface area contributed by atoms with Crippen LogP contribution in [0.1, 0.15) is 41.0 Å². The number of carbonyl (C=O) groups is 1. The number of aliphatic hydroxyl groups excluding tert-OH is 1. The summed E-state index contributed by atoms with van der Waals surface area (Å²) in [6.45, 7) is 3.06. The van der Waals surface area contributed by atoms with Crippen LogP contribution in [0.25, 0.3) is 0 Å². The van der Waals surface area contributed by atoms with Gasteiger partial charge in [-0.3, -0.25) is 9.78 Å². The van der Waals surface area contributed by atoms with Gasteiger partial charge >= 0.3 is 0 Å². The maximum absolute atomic E-state index is 14.7. The zero-order chi connectivity index (χ0) is 25.5. The number of hydrogen-bond donors (Lipinski definition) is 3. The first kappa shape index (κ1) is 26.4. The maximum atomic E-state index is 14.7. The van der Waals surface area contributed by atoms with Crippen LogP contribution in [0, 0.1) is 12.7 Å². The van der Waals surface area contributed by atoms with Gasteiger partial charge in [-0.05, 0) is 43.0 Å². The van der Waals surface area contributed by atoms with Crippen molar-refractivity contribution in [2.24, 2.45) is 0 Å². The lowest BCUT2D eigenvalue weighted by atomic mass is 9.88. The lowest BCUT2D eigenvalue weighted by molar-refractivity contribution is -0.116. The number of aromatic nitrogens is 1. The van der Waals surface area contributed by atoms with E-state index in [9.17, 15) is 14.3 Å². The quantitative estimate of drug-likeness (QED) is 0.355. The van der Waals surface area contributed by atoms with Gasteiger partial charge in [0, 0.05) is 28.9 Å². The van der Waals surface area contributed by atoms with Gasteiger partial charge in [-0.15, -0.1) is 0 Å². The van der Waals surface area contributed by atoms with Crippen LogP contribution in [0.15, 0.2) is 65.4 Å². The minimum atomic E-state index is -0.451. The molecule has 3 aromatic rings. The van der Waals surface area contributed by atoms with E-state index in [0.717, 1.165) is 21.2 Å². The second-order valence-corrected chi connectivity index (χ2v) is 10.1. The molecule has 3 N–H and O–H groups in total. The van der Waals surface area contributed by atoms with E-state index in [1.165, 1.54) is 12.4 Å². The Morgan fingerprint density at radius 1 is 1.19 bits per heavy atom. The van der Waals surface area contributed by atoms with Crippen molar-refractivity contribution in [2.75, 3.05) is 25.1 Å². The predicted octanol–water partition coefficient (Wildman–Crippen LogP) is 4.73. The number of anilines is 1. The number of ether oxygens (including phenoxy) is 1. The molecule has 0 spiro atoms. The van der Waals surface area contributed by atoms with Crippen molar-refractivity contribution >= 4 is 27.5 Å². The summed E-state index contributed by atoms with van der Waals surface area (Å²) in [7, 11) is 0. The molecule has 1 amide bonds. The van der Waals surface area contributed by atoms with E-state index in [0.29, 0.717) is 37.2 Å². The summed E-state index contributed by atoms with van der Waals surface area (Å²) in [4.78, 5) is 17.2. The third-order valence-electron chi connectivity index (χ3n) is 6.52. The minimum Gasteiger partial charge on any atom is -0.395 e. The number of nitrogens with zero attached hydrogens (tertiary/aromatic N) is 1. The van der Waals surface area contributed by atoms with E-state index in [2.05, 4.69) is 31.5 Å². The van der Waals surface area contributed by atoms with Gasteiger partial charge in [-0.1, -0.05) is 57.9 Å². The highest BCUT2D eigenvalue weighted by molar-refractivity contribution is 9.10. The molecule has 0 bridgehead atoms. The average Bonchev–Trinajstić information content (AvgIpc) is 2.88. The SMILES string of the molecule is Cc1ccc([C@@H](CC(=O)Nc2cncc(F)c2CC[C@@H]2CN[C@H](CO)CO2)c2ccc(Br)cc2)cc1. The molecular formula is C28H31BrFN3O3. The summed E-state index contributed by atoms with van der Waals surface area (Å²) in [5, 5.41) is 15.4. The highest BCUT2D eigenvalue weighted by atomic mass is 79.9. The van der Waals surface area contributed by atoms with Gasteiger partial charge in [0.1, 0.15) is 5.82 Å². The fourth-order valence-electron chi connectivity index (χ4n) is 4.41. The lowest BCUT2D eigenvalue weighted by Crippen LogP contribution is -2.48. The van der Waals surface area contributed by atoms with E-state index in [1.54, 1.807) is 0 Å². The smallest absolute Gasteiger partial charge is 0.225 e. The molecule has 1 aromatic heterocycles. The van der Waals surface area contributed by atoms with E-state index in [4.69, 9.17) is 4.74 Å². The molecule has 2 heterocycles. The van der Waals surface area contributed by atoms with Gasteiger partial charge in [-0.25, -0.2) is 4.39 Å². The summed E-state index contributed by atoms with van der Waals surface area (Å²) in [5.41, 5.74) is 4.02. The van der Waals surface area contributed by atoms with Crippen molar-refractivity contribution in [3.63, 3.8) is 0 Å². The summed E-state index contributed by atoms with van der Waals surface area (Å²) < 4.78 is 21.5. The van der Waals surface area contributed by atoms with Crippen LogP contribution in [-0.2, 0) is 16.0 Å². The zero-order valence-electron chi connectivity index (χ0n) is 20.2. The molecule has 1 saturated heterocycles. The Morgan fingerprint density at radius 3 is 2.53 bits per heavy atom. The lowest BCUT2D eigenvalue weighted by Gasteiger charge is -2.29. The Labute approximate surface area is 219 Å². The predicted molar refractivity (Wildman–Crippen MR) is 142 cm³/mol. The van der Waals surface area contributed by atoms with Crippen LogP contribution < -0.4 is 10.6 Å². The van der Waals surface area contributed by atoms with Crippen molar-refractivity contribution in [1.82, 2.24) is 10.3 Å². The van der Waals surface area contributed by atoms with Gasteiger partial charge in [0.25, 0.3) is 0 Å². The highest BCUT2D eigenvalue weighted by Crippen LogP contribution is 2.30. The largest absolute Gasteiger partial charge is 0.395 e. The number of amides is 1. The number of carbonyl (C=O) groups excluding carboxylic acids is 1. The van der Waals surface area contributed by atoms with Crippen molar-refractivity contribution < 1.29 is 19.0 Å². The average molecular weight is 556 g/mol. The summed E-state index contributed by atoms with van der Waals surface area (Å²) in [5.74, 6) is -0.809. The second-order valence-electron chi connectivity index (χ2n) is 9.20. The number of hydrogen-bond acceptors (Lipinski definition) is 5. The molecule has 0 aliphatic carbocycles. The zero-order valence-corrected chi connectivity index (χ0v) is 21.8. The molecule has 190 valence electrons. The van der Waals surface area contributed by atoms with Crippen LogP contribution in [0.4, 0.5) is 10.1 Å². The molecule has 4 rings (SSSR count). The summed E-state index contributed by atoms with van der Waals surface area (Å²) in [6, 6.07) is 16.1. The highest BCUT2D eigenvalue weighted by Gasteiger charge is 2.23. The van der Waals surface area contributed by atoms with Gasteiger partial charge in [0.2, 0.25) is 5.91 Å². The maximum Gasteiger partial charge on any atom is 0.225 e. The standard InChI is InChI=1S/C28H31BrFN3O3/c1-18-2-4-19(5-3-18)25(20-6-8-21(29)9-7-20)12-28(35)33-27-15-31-14-26(30)24(27)11-10-23-13-32-22(16-34)17-36-23/h2-9,14-15,22-23,25,32,34H,10-13,16-17H2,1H3,(H,33,35)/t22-,23-,25-/m1/s1. The molecule has 2 aromatic carbocycles. The Bertz CT molecular complexity index is 1100. The first-order valence-electron chi connectivity index (χ1n) is 12.1. The van der Waals surface area contributed by atoms with E-state index >= 15 is 0 Å².